The van der Waals surface area contributed by atoms with Crippen LogP contribution in [0.5, 0.6) is 0 Å². The smallest absolute Gasteiger partial charge is 0.176 e. The highest BCUT2D eigenvalue weighted by atomic mass is 32.2. The Morgan fingerprint density at radius 1 is 1.12 bits per heavy atom. The molecule has 0 bridgehead atoms. The van der Waals surface area contributed by atoms with Gasteiger partial charge in [-0.25, -0.2) is 15.0 Å². The first-order chi connectivity index (χ1) is 8.33. The lowest BCUT2D eigenvalue weighted by Crippen LogP contribution is -1.89. The van der Waals surface area contributed by atoms with Gasteiger partial charge in [-0.05, 0) is 41.5 Å². The first kappa shape index (κ1) is 10.4. The number of fused-ring (bicyclic) bond motifs is 1. The van der Waals surface area contributed by atoms with Crippen molar-refractivity contribution in [2.75, 3.05) is 5.73 Å². The Labute approximate surface area is 105 Å². The molecule has 2 heterocycles. The minimum absolute atomic E-state index is 0.697. The highest BCUT2D eigenvalue weighted by Crippen LogP contribution is 2.31. The SMILES string of the molecule is Nc1ccc2c(Sc3ncns3)ncnc2c1. The Morgan fingerprint density at radius 2 is 2.06 bits per heavy atom. The average molecular weight is 261 g/mol. The van der Waals surface area contributed by atoms with Crippen molar-refractivity contribution < 1.29 is 0 Å². The Kier molecular flexibility index (Phi) is 2.62. The van der Waals surface area contributed by atoms with Crippen LogP contribution in [0, 0.1) is 0 Å². The van der Waals surface area contributed by atoms with Crippen molar-refractivity contribution in [1.82, 2.24) is 19.3 Å². The summed E-state index contributed by atoms with van der Waals surface area (Å²) in [5, 5.41) is 1.84. The number of benzene rings is 1. The molecule has 7 heteroatoms. The number of nitrogens with two attached hydrogens (primary N) is 1. The van der Waals surface area contributed by atoms with E-state index in [9.17, 15) is 0 Å². The van der Waals surface area contributed by atoms with Crippen LogP contribution in [-0.2, 0) is 0 Å². The van der Waals surface area contributed by atoms with E-state index in [2.05, 4.69) is 19.3 Å². The zero-order valence-corrected chi connectivity index (χ0v) is 10.2. The van der Waals surface area contributed by atoms with Gasteiger partial charge >= 0.3 is 0 Å². The maximum atomic E-state index is 5.72. The lowest BCUT2D eigenvalue weighted by Gasteiger charge is -2.02. The molecular weight excluding hydrogens is 254 g/mol. The van der Waals surface area contributed by atoms with Gasteiger partial charge in [0.25, 0.3) is 0 Å². The molecule has 0 fully saturated rings. The van der Waals surface area contributed by atoms with Crippen molar-refractivity contribution in [3.05, 3.63) is 30.9 Å². The number of nitrogen functional groups attached to an aromatic ring is 1. The summed E-state index contributed by atoms with van der Waals surface area (Å²) in [4.78, 5) is 12.6. The second kappa shape index (κ2) is 4.27. The minimum atomic E-state index is 0.697. The fourth-order valence-electron chi connectivity index (χ4n) is 1.42. The van der Waals surface area contributed by atoms with Crippen molar-refractivity contribution in [3.63, 3.8) is 0 Å². The predicted molar refractivity (Wildman–Crippen MR) is 68.0 cm³/mol. The standard InChI is InChI=1S/C10H7N5S2/c11-6-1-2-7-8(3-6)12-4-13-9(7)16-10-14-5-15-17-10/h1-5H,11H2. The molecule has 0 saturated carbocycles. The van der Waals surface area contributed by atoms with E-state index < -0.39 is 0 Å². The second-order valence-corrected chi connectivity index (χ2v) is 5.28. The Balaban J connectivity index is 2.10. The van der Waals surface area contributed by atoms with Crippen LogP contribution in [0.2, 0.25) is 0 Å². The van der Waals surface area contributed by atoms with Crippen LogP contribution >= 0.6 is 23.3 Å². The van der Waals surface area contributed by atoms with Gasteiger partial charge in [-0.2, -0.15) is 4.37 Å². The Hall–Kier alpha value is -1.73. The average Bonchev–Trinajstić information content (AvgIpc) is 2.82. The first-order valence-electron chi connectivity index (χ1n) is 4.78. The van der Waals surface area contributed by atoms with E-state index in [-0.39, 0.29) is 0 Å². The topological polar surface area (TPSA) is 77.6 Å². The number of aromatic nitrogens is 4. The lowest BCUT2D eigenvalue weighted by atomic mass is 10.2. The van der Waals surface area contributed by atoms with Crippen molar-refractivity contribution in [2.45, 2.75) is 9.37 Å². The van der Waals surface area contributed by atoms with Crippen LogP contribution < -0.4 is 5.73 Å². The quantitative estimate of drug-likeness (QED) is 0.563. The normalized spacial score (nSPS) is 10.8. The summed E-state index contributed by atoms with van der Waals surface area (Å²) < 4.78 is 4.82. The molecule has 0 aliphatic heterocycles. The zero-order chi connectivity index (χ0) is 11.7. The molecule has 2 N–H and O–H groups in total. The van der Waals surface area contributed by atoms with Crippen molar-refractivity contribution in [3.8, 4) is 0 Å². The van der Waals surface area contributed by atoms with Crippen molar-refractivity contribution >= 4 is 39.9 Å². The fraction of sp³-hybridized carbons (Fsp3) is 0. The molecule has 0 unspecified atom stereocenters. The molecular formula is C10H7N5S2. The molecule has 0 saturated heterocycles. The van der Waals surface area contributed by atoms with Crippen LogP contribution in [0.1, 0.15) is 0 Å². The summed E-state index contributed by atoms with van der Waals surface area (Å²) in [6.07, 6.45) is 3.07. The van der Waals surface area contributed by atoms with E-state index in [0.717, 1.165) is 20.3 Å². The van der Waals surface area contributed by atoms with Crippen LogP contribution in [0.25, 0.3) is 10.9 Å². The van der Waals surface area contributed by atoms with E-state index in [1.807, 2.05) is 18.2 Å². The molecule has 3 aromatic rings. The summed E-state index contributed by atoms with van der Waals surface area (Å²) >= 11 is 2.83. The van der Waals surface area contributed by atoms with Gasteiger partial charge in [0.05, 0.1) is 5.52 Å². The number of rotatable bonds is 2. The number of hydrogen-bond donors (Lipinski definition) is 1. The highest BCUT2D eigenvalue weighted by Gasteiger charge is 2.07. The minimum Gasteiger partial charge on any atom is -0.399 e. The molecule has 3 rings (SSSR count). The number of nitrogens with zero attached hydrogens (tertiary/aromatic N) is 4. The van der Waals surface area contributed by atoms with Gasteiger partial charge in [-0.1, -0.05) is 0 Å². The van der Waals surface area contributed by atoms with Crippen molar-refractivity contribution in [2.24, 2.45) is 0 Å². The molecule has 0 aliphatic rings. The molecule has 1 aromatic carbocycles. The Morgan fingerprint density at radius 3 is 2.88 bits per heavy atom. The summed E-state index contributed by atoms with van der Waals surface area (Å²) in [5.41, 5.74) is 7.26. The van der Waals surface area contributed by atoms with Crippen LogP contribution in [0.4, 0.5) is 5.69 Å². The van der Waals surface area contributed by atoms with E-state index in [1.54, 1.807) is 0 Å². The first-order valence-corrected chi connectivity index (χ1v) is 6.37. The summed E-state index contributed by atoms with van der Waals surface area (Å²) in [5.74, 6) is 0. The van der Waals surface area contributed by atoms with Gasteiger partial charge in [0.2, 0.25) is 0 Å². The monoisotopic (exact) mass is 261 g/mol. The number of hydrogen-bond acceptors (Lipinski definition) is 7. The van der Waals surface area contributed by atoms with E-state index in [1.165, 1.54) is 35.9 Å². The molecule has 17 heavy (non-hydrogen) atoms. The predicted octanol–water partition coefficient (Wildman–Crippen LogP) is 2.21. The summed E-state index contributed by atoms with van der Waals surface area (Å²) in [6.45, 7) is 0. The van der Waals surface area contributed by atoms with Gasteiger partial charge in [0.15, 0.2) is 4.34 Å². The highest BCUT2D eigenvalue weighted by molar-refractivity contribution is 8.01. The fourth-order valence-corrected chi connectivity index (χ4v) is 2.86. The van der Waals surface area contributed by atoms with Gasteiger partial charge in [-0.3, -0.25) is 0 Å². The maximum Gasteiger partial charge on any atom is 0.176 e. The lowest BCUT2D eigenvalue weighted by molar-refractivity contribution is 1.09. The van der Waals surface area contributed by atoms with Gasteiger partial charge in [-0.15, -0.1) is 0 Å². The molecule has 2 aromatic heterocycles. The van der Waals surface area contributed by atoms with Gasteiger partial charge in [0, 0.05) is 11.1 Å². The third kappa shape index (κ3) is 2.06. The molecule has 84 valence electrons. The maximum absolute atomic E-state index is 5.72. The van der Waals surface area contributed by atoms with Crippen molar-refractivity contribution in [1.29, 1.82) is 0 Å². The van der Waals surface area contributed by atoms with E-state index in [4.69, 9.17) is 5.73 Å². The van der Waals surface area contributed by atoms with E-state index >= 15 is 0 Å². The summed E-state index contributed by atoms with van der Waals surface area (Å²) in [6, 6.07) is 5.60. The summed E-state index contributed by atoms with van der Waals surface area (Å²) in [7, 11) is 0. The molecule has 0 atom stereocenters. The van der Waals surface area contributed by atoms with Gasteiger partial charge in [0.1, 0.15) is 17.7 Å². The molecule has 0 aliphatic carbocycles. The zero-order valence-electron chi connectivity index (χ0n) is 8.57. The molecule has 0 radical (unpaired) electrons. The number of anilines is 1. The largest absolute Gasteiger partial charge is 0.399 e. The third-order valence-corrected chi connectivity index (χ3v) is 3.88. The molecule has 5 nitrogen and oxygen atoms in total. The van der Waals surface area contributed by atoms with E-state index in [0.29, 0.717) is 5.69 Å². The Bertz CT molecular complexity index is 653. The van der Waals surface area contributed by atoms with Gasteiger partial charge < -0.3 is 5.73 Å². The van der Waals surface area contributed by atoms with Crippen LogP contribution in [0.3, 0.4) is 0 Å². The van der Waals surface area contributed by atoms with Crippen LogP contribution in [0.15, 0.2) is 40.2 Å². The molecule has 0 spiro atoms. The third-order valence-electron chi connectivity index (χ3n) is 2.15. The second-order valence-electron chi connectivity index (χ2n) is 3.26. The molecule has 0 amide bonds. The van der Waals surface area contributed by atoms with Crippen LogP contribution in [-0.4, -0.2) is 19.3 Å².